The minimum atomic E-state index is -0.915. The van der Waals surface area contributed by atoms with Crippen molar-refractivity contribution in [3.63, 3.8) is 0 Å². The standard InChI is InChI=1S/C15H15N3O5/c1-8-4-3-5-9(6-8)14(21)23-7-10(19)11-12(16)18(2)15(22)17-13(11)20/h3-6H,7,16H2,1-2H3,(H,17,20,22). The SMILES string of the molecule is Cc1cccc(C(=O)OCC(=O)c2c(N)n(C)c(=O)[nH]c2=O)c1. The van der Waals surface area contributed by atoms with Crippen molar-refractivity contribution in [3.8, 4) is 0 Å². The van der Waals surface area contributed by atoms with Crippen molar-refractivity contribution < 1.29 is 14.3 Å². The van der Waals surface area contributed by atoms with E-state index in [4.69, 9.17) is 10.5 Å². The number of aromatic nitrogens is 2. The number of carbonyl (C=O) groups excluding carboxylic acids is 2. The van der Waals surface area contributed by atoms with Crippen LogP contribution in [-0.4, -0.2) is 27.9 Å². The Morgan fingerprint density at radius 3 is 2.65 bits per heavy atom. The van der Waals surface area contributed by atoms with E-state index < -0.39 is 35.2 Å². The van der Waals surface area contributed by atoms with Gasteiger partial charge in [0.15, 0.2) is 6.61 Å². The molecule has 1 heterocycles. The summed E-state index contributed by atoms with van der Waals surface area (Å²) in [4.78, 5) is 49.0. The van der Waals surface area contributed by atoms with Gasteiger partial charge in [-0.05, 0) is 19.1 Å². The number of Topliss-reactive ketones (excluding diaryl/α,β-unsaturated/α-hetero) is 1. The molecule has 0 spiro atoms. The summed E-state index contributed by atoms with van der Waals surface area (Å²) in [5.74, 6) is -1.77. The third-order valence-electron chi connectivity index (χ3n) is 3.24. The molecule has 8 heteroatoms. The summed E-state index contributed by atoms with van der Waals surface area (Å²) in [6.07, 6.45) is 0. The monoisotopic (exact) mass is 317 g/mol. The molecule has 0 aliphatic rings. The van der Waals surface area contributed by atoms with E-state index in [0.29, 0.717) is 5.56 Å². The normalized spacial score (nSPS) is 10.3. The first kappa shape index (κ1) is 16.2. The van der Waals surface area contributed by atoms with Crippen molar-refractivity contribution in [2.75, 3.05) is 12.3 Å². The number of nitrogen functional groups attached to an aromatic ring is 1. The Kier molecular flexibility index (Phi) is 4.44. The van der Waals surface area contributed by atoms with E-state index in [-0.39, 0.29) is 5.82 Å². The van der Waals surface area contributed by atoms with Gasteiger partial charge in [0.2, 0.25) is 5.78 Å². The van der Waals surface area contributed by atoms with Gasteiger partial charge in [-0.15, -0.1) is 0 Å². The van der Waals surface area contributed by atoms with Crippen LogP contribution in [0, 0.1) is 6.92 Å². The van der Waals surface area contributed by atoms with E-state index in [1.54, 1.807) is 18.2 Å². The number of nitrogens with two attached hydrogens (primary N) is 1. The number of hydrogen-bond donors (Lipinski definition) is 2. The number of esters is 1. The van der Waals surface area contributed by atoms with Gasteiger partial charge in [-0.25, -0.2) is 9.59 Å². The molecular weight excluding hydrogens is 302 g/mol. The number of anilines is 1. The number of H-pyrrole nitrogens is 1. The summed E-state index contributed by atoms with van der Waals surface area (Å²) >= 11 is 0. The number of aryl methyl sites for hydroxylation is 1. The molecular formula is C15H15N3O5. The van der Waals surface area contributed by atoms with E-state index in [0.717, 1.165) is 10.1 Å². The number of benzene rings is 1. The lowest BCUT2D eigenvalue weighted by atomic mass is 10.1. The van der Waals surface area contributed by atoms with Gasteiger partial charge in [0.25, 0.3) is 5.56 Å². The Morgan fingerprint density at radius 2 is 2.00 bits per heavy atom. The number of ketones is 1. The van der Waals surface area contributed by atoms with Crippen LogP contribution in [0.15, 0.2) is 33.9 Å². The maximum absolute atomic E-state index is 12.1. The van der Waals surface area contributed by atoms with Crippen LogP contribution in [0.25, 0.3) is 0 Å². The fourth-order valence-electron chi connectivity index (χ4n) is 1.97. The number of rotatable bonds is 4. The quantitative estimate of drug-likeness (QED) is 0.604. The van der Waals surface area contributed by atoms with Crippen molar-refractivity contribution >= 4 is 17.6 Å². The lowest BCUT2D eigenvalue weighted by molar-refractivity contribution is 0.0474. The Labute approximate surface area is 130 Å². The second kappa shape index (κ2) is 6.30. The molecule has 0 unspecified atom stereocenters. The first-order valence-corrected chi connectivity index (χ1v) is 6.67. The number of ether oxygens (including phenoxy) is 1. The minimum absolute atomic E-state index is 0.282. The summed E-state index contributed by atoms with van der Waals surface area (Å²) in [5, 5.41) is 0. The zero-order valence-electron chi connectivity index (χ0n) is 12.6. The van der Waals surface area contributed by atoms with Crippen LogP contribution >= 0.6 is 0 Å². The number of carbonyl (C=O) groups is 2. The molecule has 0 aliphatic heterocycles. The number of nitrogens with one attached hydrogen (secondary N) is 1. The van der Waals surface area contributed by atoms with E-state index >= 15 is 0 Å². The van der Waals surface area contributed by atoms with E-state index in [2.05, 4.69) is 0 Å². The van der Waals surface area contributed by atoms with Gasteiger partial charge in [-0.2, -0.15) is 0 Å². The van der Waals surface area contributed by atoms with Crippen LogP contribution in [0.5, 0.6) is 0 Å². The first-order chi connectivity index (χ1) is 10.8. The fourth-order valence-corrected chi connectivity index (χ4v) is 1.97. The Hall–Kier alpha value is -3.16. The summed E-state index contributed by atoms with van der Waals surface area (Å²) in [6.45, 7) is 1.16. The predicted octanol–water partition coefficient (Wildman–Crippen LogP) is 0.00392. The topological polar surface area (TPSA) is 124 Å². The molecule has 120 valence electrons. The number of aromatic amines is 1. The van der Waals surface area contributed by atoms with Crippen molar-refractivity contribution in [2.24, 2.45) is 7.05 Å². The molecule has 0 radical (unpaired) electrons. The van der Waals surface area contributed by atoms with Crippen LogP contribution in [0.3, 0.4) is 0 Å². The van der Waals surface area contributed by atoms with E-state index in [1.807, 2.05) is 18.0 Å². The number of hydrogen-bond acceptors (Lipinski definition) is 6. The zero-order chi connectivity index (χ0) is 17.1. The van der Waals surface area contributed by atoms with Gasteiger partial charge in [-0.1, -0.05) is 17.7 Å². The van der Waals surface area contributed by atoms with Gasteiger partial charge in [-0.3, -0.25) is 19.1 Å². The average Bonchev–Trinajstić information content (AvgIpc) is 2.50. The van der Waals surface area contributed by atoms with Crippen molar-refractivity contribution in [1.82, 2.24) is 9.55 Å². The summed E-state index contributed by atoms with van der Waals surface area (Å²) in [6, 6.07) is 6.66. The highest BCUT2D eigenvalue weighted by Gasteiger charge is 2.20. The molecule has 0 bridgehead atoms. The molecule has 1 aromatic carbocycles. The summed E-state index contributed by atoms with van der Waals surface area (Å²) < 4.78 is 5.82. The van der Waals surface area contributed by atoms with Crippen LogP contribution in [0.1, 0.15) is 26.3 Å². The van der Waals surface area contributed by atoms with Crippen molar-refractivity contribution in [1.29, 1.82) is 0 Å². The first-order valence-electron chi connectivity index (χ1n) is 6.67. The summed E-state index contributed by atoms with van der Waals surface area (Å²) in [7, 11) is 1.31. The molecule has 0 aliphatic carbocycles. The highest BCUT2D eigenvalue weighted by atomic mass is 16.5. The molecule has 23 heavy (non-hydrogen) atoms. The van der Waals surface area contributed by atoms with Crippen LogP contribution in [0.4, 0.5) is 5.82 Å². The smallest absolute Gasteiger partial charge is 0.338 e. The molecule has 8 nitrogen and oxygen atoms in total. The Bertz CT molecular complexity index is 895. The highest BCUT2D eigenvalue weighted by molar-refractivity contribution is 6.02. The van der Waals surface area contributed by atoms with Gasteiger partial charge in [0.05, 0.1) is 5.56 Å². The van der Waals surface area contributed by atoms with Gasteiger partial charge < -0.3 is 10.5 Å². The molecule has 2 aromatic rings. The maximum atomic E-state index is 12.1. The highest BCUT2D eigenvalue weighted by Crippen LogP contribution is 2.07. The predicted molar refractivity (Wildman–Crippen MR) is 82.5 cm³/mol. The zero-order valence-corrected chi connectivity index (χ0v) is 12.6. The number of nitrogens with zero attached hydrogens (tertiary/aromatic N) is 1. The molecule has 1 aromatic heterocycles. The van der Waals surface area contributed by atoms with Crippen LogP contribution < -0.4 is 17.0 Å². The molecule has 0 saturated carbocycles. The second-order valence-electron chi connectivity index (χ2n) is 4.95. The largest absolute Gasteiger partial charge is 0.454 e. The van der Waals surface area contributed by atoms with Crippen LogP contribution in [0.2, 0.25) is 0 Å². The van der Waals surface area contributed by atoms with E-state index in [9.17, 15) is 19.2 Å². The third kappa shape index (κ3) is 3.37. The second-order valence-corrected chi connectivity index (χ2v) is 4.95. The summed E-state index contributed by atoms with van der Waals surface area (Å²) in [5.41, 5.74) is 4.70. The molecule has 0 saturated heterocycles. The van der Waals surface area contributed by atoms with Gasteiger partial charge >= 0.3 is 11.7 Å². The van der Waals surface area contributed by atoms with Crippen molar-refractivity contribution in [2.45, 2.75) is 6.92 Å². The molecule has 0 atom stereocenters. The Balaban J connectivity index is 2.18. The van der Waals surface area contributed by atoms with E-state index in [1.165, 1.54) is 7.05 Å². The molecule has 0 amide bonds. The molecule has 0 fully saturated rings. The molecule has 3 N–H and O–H groups in total. The third-order valence-corrected chi connectivity index (χ3v) is 3.24. The lowest BCUT2D eigenvalue weighted by Crippen LogP contribution is -2.35. The van der Waals surface area contributed by atoms with Gasteiger partial charge in [0.1, 0.15) is 11.4 Å². The van der Waals surface area contributed by atoms with Crippen molar-refractivity contribution in [3.05, 3.63) is 61.8 Å². The average molecular weight is 317 g/mol. The maximum Gasteiger partial charge on any atom is 0.338 e. The fraction of sp³-hybridized carbons (Fsp3) is 0.200. The molecule has 2 rings (SSSR count). The van der Waals surface area contributed by atoms with Crippen LogP contribution in [-0.2, 0) is 11.8 Å². The Morgan fingerprint density at radius 1 is 1.30 bits per heavy atom. The lowest BCUT2D eigenvalue weighted by Gasteiger charge is -2.08. The van der Waals surface area contributed by atoms with Gasteiger partial charge in [0, 0.05) is 7.05 Å². The minimum Gasteiger partial charge on any atom is -0.454 e.